The fraction of sp³-hybridized carbons (Fsp3) is 0.304. The van der Waals surface area contributed by atoms with Gasteiger partial charge in [-0.05, 0) is 54.2 Å². The van der Waals surface area contributed by atoms with E-state index in [1.807, 2.05) is 24.3 Å². The quantitative estimate of drug-likeness (QED) is 0.898. The fourth-order valence-electron chi connectivity index (χ4n) is 4.22. The predicted molar refractivity (Wildman–Crippen MR) is 111 cm³/mol. The number of benzene rings is 1. The van der Waals surface area contributed by atoms with Crippen LogP contribution in [-0.4, -0.2) is 35.4 Å². The summed E-state index contributed by atoms with van der Waals surface area (Å²) in [6.07, 6.45) is 12.6. The van der Waals surface area contributed by atoms with Gasteiger partial charge >= 0.3 is 0 Å². The van der Waals surface area contributed by atoms with Crippen LogP contribution in [0.2, 0.25) is 0 Å². The van der Waals surface area contributed by atoms with E-state index >= 15 is 0 Å². The van der Waals surface area contributed by atoms with Gasteiger partial charge < -0.3 is 14.8 Å². The Morgan fingerprint density at radius 1 is 1.11 bits per heavy atom. The predicted octanol–water partition coefficient (Wildman–Crippen LogP) is 3.33. The first-order valence-corrected chi connectivity index (χ1v) is 9.87. The number of H-pyrrole nitrogens is 1. The van der Waals surface area contributed by atoms with Crippen molar-refractivity contribution in [3.8, 4) is 11.1 Å². The van der Waals surface area contributed by atoms with Gasteiger partial charge in [0.2, 0.25) is 5.91 Å². The Balaban J connectivity index is 1.51. The highest BCUT2D eigenvalue weighted by molar-refractivity contribution is 6.01. The van der Waals surface area contributed by atoms with Crippen LogP contribution in [0.25, 0.3) is 16.7 Å². The molecular formula is C23H23N3O2. The SMILES string of the molecule is CN1C(=O)Cc2cc(-c3cc(C4=CN(C5CCC5)CC=C4)c[nH]c3=O)ccc21. The minimum Gasteiger partial charge on any atom is -0.370 e. The molecule has 0 saturated heterocycles. The molecule has 142 valence electrons. The summed E-state index contributed by atoms with van der Waals surface area (Å²) in [6.45, 7) is 0.955. The number of likely N-dealkylation sites (N-methyl/N-ethyl adjacent to an activating group) is 1. The van der Waals surface area contributed by atoms with Crippen LogP contribution in [0.1, 0.15) is 30.4 Å². The molecule has 0 bridgehead atoms. The van der Waals surface area contributed by atoms with E-state index in [9.17, 15) is 9.59 Å². The molecule has 1 fully saturated rings. The second-order valence-corrected chi connectivity index (χ2v) is 7.87. The van der Waals surface area contributed by atoms with Crippen molar-refractivity contribution in [2.75, 3.05) is 18.5 Å². The largest absolute Gasteiger partial charge is 0.370 e. The number of aromatic amines is 1. The third kappa shape index (κ3) is 2.78. The number of nitrogens with one attached hydrogen (secondary N) is 1. The van der Waals surface area contributed by atoms with E-state index < -0.39 is 0 Å². The number of nitrogens with zero attached hydrogens (tertiary/aromatic N) is 2. The van der Waals surface area contributed by atoms with E-state index in [1.165, 1.54) is 19.3 Å². The maximum atomic E-state index is 12.5. The summed E-state index contributed by atoms with van der Waals surface area (Å²) in [4.78, 5) is 31.5. The van der Waals surface area contributed by atoms with E-state index in [0.29, 0.717) is 18.0 Å². The zero-order valence-corrected chi connectivity index (χ0v) is 15.9. The van der Waals surface area contributed by atoms with Crippen LogP contribution >= 0.6 is 0 Å². The van der Waals surface area contributed by atoms with Gasteiger partial charge in [-0.2, -0.15) is 0 Å². The normalized spacial score (nSPS) is 18.9. The summed E-state index contributed by atoms with van der Waals surface area (Å²) in [5.74, 6) is 0.0865. The van der Waals surface area contributed by atoms with E-state index in [4.69, 9.17) is 0 Å². The van der Waals surface area contributed by atoms with E-state index in [1.54, 1.807) is 18.1 Å². The molecule has 1 aromatic heterocycles. The lowest BCUT2D eigenvalue weighted by Crippen LogP contribution is -2.37. The van der Waals surface area contributed by atoms with Gasteiger partial charge in [-0.3, -0.25) is 9.59 Å². The summed E-state index contributed by atoms with van der Waals surface area (Å²) >= 11 is 0. The molecule has 1 amide bonds. The average molecular weight is 373 g/mol. The monoisotopic (exact) mass is 373 g/mol. The molecule has 1 aliphatic carbocycles. The van der Waals surface area contributed by atoms with Crippen molar-refractivity contribution in [1.82, 2.24) is 9.88 Å². The second kappa shape index (κ2) is 6.51. The van der Waals surface area contributed by atoms with Gasteiger partial charge in [-0.15, -0.1) is 0 Å². The standard InChI is InChI=1S/C23H23N3O2/c1-25-21-8-7-15(10-17(21)12-22(25)27)20-11-18(13-24-23(20)28)16-4-3-9-26(14-16)19-5-2-6-19/h3-4,7-8,10-11,13-14,19H,2,5-6,9,12H2,1H3,(H,24,28). The second-order valence-electron chi connectivity index (χ2n) is 7.87. The molecule has 5 heteroatoms. The summed E-state index contributed by atoms with van der Waals surface area (Å²) in [5.41, 5.74) is 5.39. The van der Waals surface area contributed by atoms with Gasteiger partial charge in [0, 0.05) is 48.8 Å². The van der Waals surface area contributed by atoms with Crippen molar-refractivity contribution in [3.63, 3.8) is 0 Å². The molecule has 1 N–H and O–H groups in total. The first-order valence-electron chi connectivity index (χ1n) is 9.87. The van der Waals surface area contributed by atoms with E-state index in [-0.39, 0.29) is 11.5 Å². The van der Waals surface area contributed by atoms with Crippen molar-refractivity contribution in [2.24, 2.45) is 0 Å². The van der Waals surface area contributed by atoms with Crippen LogP contribution < -0.4 is 10.5 Å². The minimum absolute atomic E-state index is 0.0865. The van der Waals surface area contributed by atoms with Crippen molar-refractivity contribution >= 4 is 17.2 Å². The molecule has 3 heterocycles. The molecule has 0 atom stereocenters. The molecule has 0 radical (unpaired) electrons. The molecule has 5 nitrogen and oxygen atoms in total. The number of rotatable bonds is 3. The molecule has 1 saturated carbocycles. The highest BCUT2D eigenvalue weighted by Crippen LogP contribution is 2.33. The molecule has 2 aliphatic heterocycles. The molecule has 5 rings (SSSR count). The van der Waals surface area contributed by atoms with Crippen LogP contribution in [0.4, 0.5) is 5.69 Å². The number of fused-ring (bicyclic) bond motifs is 1. The zero-order valence-electron chi connectivity index (χ0n) is 15.9. The molecule has 0 unspecified atom stereocenters. The first kappa shape index (κ1) is 17.0. The van der Waals surface area contributed by atoms with E-state index in [0.717, 1.165) is 34.5 Å². The van der Waals surface area contributed by atoms with Crippen LogP contribution in [0, 0.1) is 0 Å². The number of carbonyl (C=O) groups is 1. The number of hydrogen-bond donors (Lipinski definition) is 1. The Morgan fingerprint density at radius 3 is 2.75 bits per heavy atom. The van der Waals surface area contributed by atoms with Crippen molar-refractivity contribution in [2.45, 2.75) is 31.7 Å². The van der Waals surface area contributed by atoms with Crippen molar-refractivity contribution in [3.05, 3.63) is 70.3 Å². The van der Waals surface area contributed by atoms with Gasteiger partial charge in [0.25, 0.3) is 5.56 Å². The van der Waals surface area contributed by atoms with Gasteiger partial charge in [0.05, 0.1) is 6.42 Å². The lowest BCUT2D eigenvalue weighted by Gasteiger charge is -2.38. The molecular weight excluding hydrogens is 350 g/mol. The van der Waals surface area contributed by atoms with Gasteiger partial charge in [0.15, 0.2) is 0 Å². The topological polar surface area (TPSA) is 56.4 Å². The average Bonchev–Trinajstić information content (AvgIpc) is 2.94. The number of carbonyl (C=O) groups excluding carboxylic acids is 1. The molecule has 0 spiro atoms. The molecule has 2 aromatic rings. The maximum Gasteiger partial charge on any atom is 0.255 e. The fourth-order valence-corrected chi connectivity index (χ4v) is 4.22. The number of pyridine rings is 1. The van der Waals surface area contributed by atoms with Crippen LogP contribution in [-0.2, 0) is 11.2 Å². The number of anilines is 1. The Bertz CT molecular complexity index is 1080. The summed E-state index contributed by atoms with van der Waals surface area (Å²) < 4.78 is 0. The third-order valence-electron chi connectivity index (χ3n) is 6.17. The zero-order chi connectivity index (χ0) is 19.3. The number of allylic oxidation sites excluding steroid dienone is 2. The molecule has 28 heavy (non-hydrogen) atoms. The van der Waals surface area contributed by atoms with Crippen LogP contribution in [0.5, 0.6) is 0 Å². The number of amides is 1. The van der Waals surface area contributed by atoms with Crippen LogP contribution in [0.15, 0.2) is 53.6 Å². The molecule has 3 aliphatic rings. The summed E-state index contributed by atoms with van der Waals surface area (Å²) in [7, 11) is 1.79. The summed E-state index contributed by atoms with van der Waals surface area (Å²) in [6, 6.07) is 8.43. The van der Waals surface area contributed by atoms with E-state index in [2.05, 4.69) is 28.2 Å². The smallest absolute Gasteiger partial charge is 0.255 e. The lowest BCUT2D eigenvalue weighted by atomic mass is 9.90. The highest BCUT2D eigenvalue weighted by atomic mass is 16.2. The van der Waals surface area contributed by atoms with Crippen molar-refractivity contribution < 1.29 is 4.79 Å². The number of aromatic nitrogens is 1. The Kier molecular flexibility index (Phi) is 3.97. The highest BCUT2D eigenvalue weighted by Gasteiger charge is 2.25. The minimum atomic E-state index is -0.113. The Morgan fingerprint density at radius 2 is 1.96 bits per heavy atom. The Labute approximate surface area is 164 Å². The van der Waals surface area contributed by atoms with Gasteiger partial charge in [-0.1, -0.05) is 18.2 Å². The molecule has 1 aromatic carbocycles. The van der Waals surface area contributed by atoms with Crippen molar-refractivity contribution in [1.29, 1.82) is 0 Å². The maximum absolute atomic E-state index is 12.5. The van der Waals surface area contributed by atoms with Gasteiger partial charge in [0.1, 0.15) is 0 Å². The third-order valence-corrected chi connectivity index (χ3v) is 6.17. The van der Waals surface area contributed by atoms with Crippen LogP contribution in [0.3, 0.4) is 0 Å². The summed E-state index contributed by atoms with van der Waals surface area (Å²) in [5, 5.41) is 0. The lowest BCUT2D eigenvalue weighted by molar-refractivity contribution is -0.117. The van der Waals surface area contributed by atoms with Gasteiger partial charge in [-0.25, -0.2) is 0 Å². The number of hydrogen-bond acceptors (Lipinski definition) is 3. The first-order chi connectivity index (χ1) is 13.6. The Hall–Kier alpha value is -3.08.